The smallest absolute Gasteiger partial charge is 0.363 e. The van der Waals surface area contributed by atoms with Crippen molar-refractivity contribution in [2.45, 2.75) is 117 Å². The van der Waals surface area contributed by atoms with E-state index in [9.17, 15) is 19.9 Å². The topological polar surface area (TPSA) is 96.2 Å². The SMILES string of the molecule is C=C1/C(=C\C=C2/CCC[C@@]3(C)C2CC[C@@H]3[C@H](C)/C=C/C(O)P(=O)(OC(C)C)OC(C)C)C[C@@H](O)C[C@@H]1O. The molecule has 0 aliphatic heterocycles. The molecular formula is C30H49O6P. The fraction of sp³-hybridized carbons (Fsp3) is 0.733. The van der Waals surface area contributed by atoms with Gasteiger partial charge in [-0.2, -0.15) is 0 Å². The Balaban J connectivity index is 1.75. The predicted molar refractivity (Wildman–Crippen MR) is 149 cm³/mol. The predicted octanol–water partition coefficient (Wildman–Crippen LogP) is 6.68. The molecule has 0 amide bonds. The molecule has 0 radical (unpaired) electrons. The second kappa shape index (κ2) is 12.4. The van der Waals surface area contributed by atoms with Crippen LogP contribution in [-0.2, 0) is 13.6 Å². The van der Waals surface area contributed by atoms with Crippen LogP contribution in [0.4, 0.5) is 0 Å². The molecule has 7 atom stereocenters. The van der Waals surface area contributed by atoms with Gasteiger partial charge in [0.2, 0.25) is 0 Å². The Kier molecular flexibility index (Phi) is 10.3. The maximum Gasteiger partial charge on any atom is 0.363 e. The van der Waals surface area contributed by atoms with Gasteiger partial charge in [0.1, 0.15) is 0 Å². The number of aliphatic hydroxyl groups is 3. The van der Waals surface area contributed by atoms with E-state index in [1.165, 1.54) is 5.57 Å². The highest BCUT2D eigenvalue weighted by Gasteiger charge is 2.50. The highest BCUT2D eigenvalue weighted by molar-refractivity contribution is 7.54. The third-order valence-corrected chi connectivity index (χ3v) is 10.8. The first-order chi connectivity index (χ1) is 17.3. The number of allylic oxidation sites excluding steroid dienone is 4. The summed E-state index contributed by atoms with van der Waals surface area (Å²) in [4.78, 5) is 0. The lowest BCUT2D eigenvalue weighted by Gasteiger charge is -2.44. The van der Waals surface area contributed by atoms with Gasteiger partial charge in [0.05, 0.1) is 24.4 Å². The minimum atomic E-state index is -3.69. The lowest BCUT2D eigenvalue weighted by Crippen LogP contribution is -2.35. The second-order valence-corrected chi connectivity index (χ2v) is 14.2. The maximum atomic E-state index is 13.3. The van der Waals surface area contributed by atoms with E-state index in [1.54, 1.807) is 33.8 Å². The van der Waals surface area contributed by atoms with Gasteiger partial charge < -0.3 is 24.4 Å². The van der Waals surface area contributed by atoms with Crippen LogP contribution < -0.4 is 0 Å². The Hall–Kier alpha value is -1.01. The molecule has 37 heavy (non-hydrogen) atoms. The van der Waals surface area contributed by atoms with Crippen LogP contribution in [0.2, 0.25) is 0 Å². The van der Waals surface area contributed by atoms with E-state index in [1.807, 2.05) is 6.08 Å². The molecule has 0 aromatic rings. The zero-order valence-corrected chi connectivity index (χ0v) is 24.5. The molecule has 3 aliphatic rings. The molecule has 210 valence electrons. The Bertz CT molecular complexity index is 936. The first-order valence-electron chi connectivity index (χ1n) is 14.0. The average Bonchev–Trinajstić information content (AvgIpc) is 3.15. The van der Waals surface area contributed by atoms with Crippen molar-refractivity contribution >= 4 is 7.60 Å². The first kappa shape index (κ1) is 30.5. The Labute approximate surface area is 224 Å². The maximum absolute atomic E-state index is 13.3. The number of aliphatic hydroxyl groups excluding tert-OH is 3. The van der Waals surface area contributed by atoms with Crippen LogP contribution in [0, 0.1) is 23.2 Å². The molecule has 3 fully saturated rings. The van der Waals surface area contributed by atoms with E-state index in [2.05, 4.69) is 32.6 Å². The normalized spacial score (nSPS) is 35.2. The summed E-state index contributed by atoms with van der Waals surface area (Å²) >= 11 is 0. The highest BCUT2D eigenvalue weighted by Crippen LogP contribution is 2.60. The molecule has 0 spiro atoms. The van der Waals surface area contributed by atoms with Crippen LogP contribution in [0.15, 0.2) is 47.6 Å². The first-order valence-corrected chi connectivity index (χ1v) is 15.7. The summed E-state index contributed by atoms with van der Waals surface area (Å²) in [5.41, 5.74) is 3.26. The van der Waals surface area contributed by atoms with Crippen molar-refractivity contribution in [3.63, 3.8) is 0 Å². The lowest BCUT2D eigenvalue weighted by molar-refractivity contribution is 0.0862. The van der Waals surface area contributed by atoms with Gasteiger partial charge in [0.25, 0.3) is 0 Å². The summed E-state index contributed by atoms with van der Waals surface area (Å²) in [5.74, 6) is -0.165. The Morgan fingerprint density at radius 2 is 1.70 bits per heavy atom. The summed E-state index contributed by atoms with van der Waals surface area (Å²) in [6.07, 6.45) is 12.6. The van der Waals surface area contributed by atoms with Crippen LogP contribution in [0.1, 0.15) is 86.5 Å². The number of hydrogen-bond donors (Lipinski definition) is 3. The van der Waals surface area contributed by atoms with Crippen molar-refractivity contribution in [1.82, 2.24) is 0 Å². The van der Waals surface area contributed by atoms with Gasteiger partial charge in [-0.15, -0.1) is 0 Å². The van der Waals surface area contributed by atoms with Crippen molar-refractivity contribution < 1.29 is 28.9 Å². The van der Waals surface area contributed by atoms with Gasteiger partial charge in [-0.3, -0.25) is 4.57 Å². The summed E-state index contributed by atoms with van der Waals surface area (Å²) < 4.78 is 24.4. The van der Waals surface area contributed by atoms with Crippen molar-refractivity contribution in [2.75, 3.05) is 0 Å². The molecule has 7 heteroatoms. The molecule has 0 aromatic heterocycles. The lowest BCUT2D eigenvalue weighted by atomic mass is 9.61. The fourth-order valence-electron chi connectivity index (χ4n) is 6.86. The van der Waals surface area contributed by atoms with Crippen LogP contribution in [-0.4, -0.2) is 45.6 Å². The molecule has 0 saturated heterocycles. The third kappa shape index (κ3) is 7.15. The number of rotatable bonds is 9. The third-order valence-electron chi connectivity index (χ3n) is 8.56. The minimum Gasteiger partial charge on any atom is -0.393 e. The van der Waals surface area contributed by atoms with Crippen molar-refractivity contribution in [1.29, 1.82) is 0 Å². The monoisotopic (exact) mass is 536 g/mol. The van der Waals surface area contributed by atoms with E-state index < -0.39 is 25.6 Å². The minimum absolute atomic E-state index is 0.145. The summed E-state index contributed by atoms with van der Waals surface area (Å²) in [7, 11) is -3.69. The van der Waals surface area contributed by atoms with Gasteiger partial charge in [0.15, 0.2) is 5.85 Å². The van der Waals surface area contributed by atoms with Crippen LogP contribution in [0.5, 0.6) is 0 Å². The molecule has 0 heterocycles. The van der Waals surface area contributed by atoms with Crippen LogP contribution in [0.3, 0.4) is 0 Å². The molecule has 2 unspecified atom stereocenters. The molecule has 3 saturated carbocycles. The van der Waals surface area contributed by atoms with Gasteiger partial charge in [-0.05, 0) is 107 Å². The van der Waals surface area contributed by atoms with Gasteiger partial charge in [-0.1, -0.05) is 44.2 Å². The van der Waals surface area contributed by atoms with Crippen molar-refractivity contribution in [3.8, 4) is 0 Å². The quantitative estimate of drug-likeness (QED) is 0.225. The van der Waals surface area contributed by atoms with Crippen molar-refractivity contribution in [3.05, 3.63) is 47.6 Å². The standard InChI is InChI=1S/C30H49O6P/c1-19(2)35-37(34,36-20(3)4)29(33)15-10-21(5)26-13-14-27-23(9-8-16-30(26,27)7)11-12-24-17-25(31)18-28(32)22(24)6/h10-12,15,19-21,25-29,31-33H,6,8-9,13-14,16-18H2,1-5,7H3/b15-10+,23-11+,24-12-/t21-,25-,26-,27?,28+,29?,30-/m1/s1. The molecular weight excluding hydrogens is 487 g/mol. The average molecular weight is 537 g/mol. The second-order valence-electron chi connectivity index (χ2n) is 12.2. The summed E-state index contributed by atoms with van der Waals surface area (Å²) in [6, 6.07) is 0. The molecule has 3 rings (SSSR count). The zero-order valence-electron chi connectivity index (χ0n) is 23.6. The van der Waals surface area contributed by atoms with Crippen molar-refractivity contribution in [2.24, 2.45) is 23.2 Å². The summed E-state index contributed by atoms with van der Waals surface area (Å²) in [6.45, 7) is 15.8. The molecule has 3 aliphatic carbocycles. The van der Waals surface area contributed by atoms with E-state index >= 15 is 0 Å². The van der Waals surface area contributed by atoms with Crippen LogP contribution >= 0.6 is 7.60 Å². The molecule has 0 bridgehead atoms. The summed E-state index contributed by atoms with van der Waals surface area (Å²) in [5, 5.41) is 31.1. The highest BCUT2D eigenvalue weighted by atomic mass is 31.2. The largest absolute Gasteiger partial charge is 0.393 e. The fourth-order valence-corrected chi connectivity index (χ4v) is 8.64. The molecule has 6 nitrogen and oxygen atoms in total. The molecule has 0 aromatic carbocycles. The van der Waals surface area contributed by atoms with E-state index in [0.29, 0.717) is 24.7 Å². The van der Waals surface area contributed by atoms with Gasteiger partial charge >= 0.3 is 7.60 Å². The van der Waals surface area contributed by atoms with Gasteiger partial charge in [-0.25, -0.2) is 0 Å². The number of hydrogen-bond acceptors (Lipinski definition) is 6. The van der Waals surface area contributed by atoms with E-state index in [-0.39, 0.29) is 23.5 Å². The molecule has 3 N–H and O–H groups in total. The van der Waals surface area contributed by atoms with Gasteiger partial charge in [0, 0.05) is 6.42 Å². The Morgan fingerprint density at radius 3 is 2.32 bits per heavy atom. The number of fused-ring (bicyclic) bond motifs is 1. The Morgan fingerprint density at radius 1 is 1.05 bits per heavy atom. The zero-order chi connectivity index (χ0) is 27.5. The van der Waals surface area contributed by atoms with E-state index in [0.717, 1.165) is 43.3 Å². The van der Waals surface area contributed by atoms with E-state index in [4.69, 9.17) is 9.05 Å². The van der Waals surface area contributed by atoms with Crippen LogP contribution in [0.25, 0.3) is 0 Å².